The van der Waals surface area contributed by atoms with Crippen molar-refractivity contribution in [3.05, 3.63) is 35.4 Å². The first-order chi connectivity index (χ1) is 6.26. The van der Waals surface area contributed by atoms with E-state index >= 15 is 0 Å². The molecule has 2 nitrogen and oxygen atoms in total. The smallest absolute Gasteiger partial charge is 0.0585 e. The van der Waals surface area contributed by atoms with Gasteiger partial charge in [0.2, 0.25) is 0 Å². The molecule has 0 heterocycles. The van der Waals surface area contributed by atoms with Crippen molar-refractivity contribution >= 4 is 0 Å². The van der Waals surface area contributed by atoms with E-state index in [0.29, 0.717) is 0 Å². The highest BCUT2D eigenvalue weighted by molar-refractivity contribution is 5.23. The van der Waals surface area contributed by atoms with Crippen LogP contribution in [-0.4, -0.2) is 17.8 Å². The Bertz CT molecular complexity index is 243. The second-order valence-electron chi connectivity index (χ2n) is 3.32. The van der Waals surface area contributed by atoms with Crippen LogP contribution < -0.4 is 5.73 Å². The molecule has 0 aliphatic heterocycles. The lowest BCUT2D eigenvalue weighted by atomic mass is 10.0. The summed E-state index contributed by atoms with van der Waals surface area (Å²) in [5.74, 6) is 0. The maximum atomic E-state index is 8.77. The van der Waals surface area contributed by atoms with Crippen molar-refractivity contribution in [2.75, 3.05) is 6.61 Å². The molecule has 0 radical (unpaired) electrons. The molecule has 0 aliphatic carbocycles. The monoisotopic (exact) mass is 179 g/mol. The first kappa shape index (κ1) is 10.2. The molecule has 3 N–H and O–H groups in total. The number of hydrogen-bond donors (Lipinski definition) is 2. The third-order valence-corrected chi connectivity index (χ3v) is 2.16. The van der Waals surface area contributed by atoms with Crippen molar-refractivity contribution < 1.29 is 5.11 Å². The number of rotatable bonds is 4. The van der Waals surface area contributed by atoms with Gasteiger partial charge in [0.15, 0.2) is 0 Å². The maximum Gasteiger partial charge on any atom is 0.0585 e. The van der Waals surface area contributed by atoms with E-state index in [1.165, 1.54) is 11.1 Å². The van der Waals surface area contributed by atoms with E-state index in [1.807, 2.05) is 0 Å². The molecular formula is C11H17NO. The Morgan fingerprint density at radius 3 is 2.23 bits per heavy atom. The molecule has 0 amide bonds. The standard InChI is InChI=1S/C11H17NO/c1-2-9-3-5-10(6-4-9)7-11(12)8-13/h3-6,11,13H,2,7-8,12H2,1H3. The minimum absolute atomic E-state index is 0.0511. The van der Waals surface area contributed by atoms with Crippen LogP contribution in [0.5, 0.6) is 0 Å². The molecule has 1 aromatic rings. The highest BCUT2D eigenvalue weighted by Gasteiger charge is 2.01. The van der Waals surface area contributed by atoms with Crippen LogP contribution in [0.1, 0.15) is 18.1 Å². The minimum atomic E-state index is -0.132. The molecule has 13 heavy (non-hydrogen) atoms. The second-order valence-corrected chi connectivity index (χ2v) is 3.32. The van der Waals surface area contributed by atoms with Crippen LogP contribution in [0.2, 0.25) is 0 Å². The number of nitrogens with two attached hydrogens (primary N) is 1. The van der Waals surface area contributed by atoms with Crippen LogP contribution in [0.3, 0.4) is 0 Å². The number of aliphatic hydroxyl groups is 1. The van der Waals surface area contributed by atoms with Gasteiger partial charge in [0, 0.05) is 6.04 Å². The number of benzene rings is 1. The SMILES string of the molecule is CCc1ccc(CC(N)CO)cc1. The maximum absolute atomic E-state index is 8.77. The molecule has 0 fully saturated rings. The highest BCUT2D eigenvalue weighted by Crippen LogP contribution is 2.06. The van der Waals surface area contributed by atoms with Gasteiger partial charge in [-0.15, -0.1) is 0 Å². The average Bonchev–Trinajstić information content (AvgIpc) is 2.19. The summed E-state index contributed by atoms with van der Waals surface area (Å²) in [5, 5.41) is 8.77. The Morgan fingerprint density at radius 1 is 1.23 bits per heavy atom. The van der Waals surface area contributed by atoms with Gasteiger partial charge in [-0.1, -0.05) is 31.2 Å². The van der Waals surface area contributed by atoms with Gasteiger partial charge in [0.1, 0.15) is 0 Å². The van der Waals surface area contributed by atoms with Gasteiger partial charge in [-0.05, 0) is 24.0 Å². The molecule has 72 valence electrons. The number of aliphatic hydroxyl groups excluding tert-OH is 1. The molecular weight excluding hydrogens is 162 g/mol. The third-order valence-electron chi connectivity index (χ3n) is 2.16. The zero-order valence-electron chi connectivity index (χ0n) is 8.03. The van der Waals surface area contributed by atoms with E-state index < -0.39 is 0 Å². The fourth-order valence-corrected chi connectivity index (χ4v) is 1.28. The van der Waals surface area contributed by atoms with Crippen LogP contribution in [0.4, 0.5) is 0 Å². The Hall–Kier alpha value is -0.860. The lowest BCUT2D eigenvalue weighted by molar-refractivity contribution is 0.265. The van der Waals surface area contributed by atoms with Gasteiger partial charge in [-0.25, -0.2) is 0 Å². The Labute approximate surface area is 79.4 Å². The number of aryl methyl sites for hydroxylation is 1. The topological polar surface area (TPSA) is 46.2 Å². The van der Waals surface area contributed by atoms with Crippen LogP contribution in [-0.2, 0) is 12.8 Å². The largest absolute Gasteiger partial charge is 0.395 e. The molecule has 1 unspecified atom stereocenters. The van der Waals surface area contributed by atoms with Gasteiger partial charge in [0.05, 0.1) is 6.61 Å². The molecule has 0 saturated carbocycles. The van der Waals surface area contributed by atoms with Crippen LogP contribution >= 0.6 is 0 Å². The van der Waals surface area contributed by atoms with Gasteiger partial charge in [0.25, 0.3) is 0 Å². The van der Waals surface area contributed by atoms with Gasteiger partial charge >= 0.3 is 0 Å². The van der Waals surface area contributed by atoms with Gasteiger partial charge in [-0.2, -0.15) is 0 Å². The van der Waals surface area contributed by atoms with Crippen molar-refractivity contribution in [1.29, 1.82) is 0 Å². The van der Waals surface area contributed by atoms with E-state index in [2.05, 4.69) is 31.2 Å². The van der Waals surface area contributed by atoms with Crippen LogP contribution in [0, 0.1) is 0 Å². The lowest BCUT2D eigenvalue weighted by Crippen LogP contribution is -2.26. The zero-order chi connectivity index (χ0) is 9.68. The molecule has 0 aromatic heterocycles. The summed E-state index contributed by atoms with van der Waals surface area (Å²) in [6.45, 7) is 2.18. The Balaban J connectivity index is 2.58. The average molecular weight is 179 g/mol. The van der Waals surface area contributed by atoms with E-state index in [0.717, 1.165) is 12.8 Å². The van der Waals surface area contributed by atoms with Crippen LogP contribution in [0.15, 0.2) is 24.3 Å². The van der Waals surface area contributed by atoms with Crippen molar-refractivity contribution in [2.24, 2.45) is 5.73 Å². The quantitative estimate of drug-likeness (QED) is 0.727. The molecule has 1 atom stereocenters. The summed E-state index contributed by atoms with van der Waals surface area (Å²) in [6.07, 6.45) is 1.81. The highest BCUT2D eigenvalue weighted by atomic mass is 16.3. The van der Waals surface area contributed by atoms with Gasteiger partial charge < -0.3 is 10.8 Å². The first-order valence-electron chi connectivity index (χ1n) is 4.70. The van der Waals surface area contributed by atoms with E-state index in [-0.39, 0.29) is 12.6 Å². The van der Waals surface area contributed by atoms with E-state index in [9.17, 15) is 0 Å². The predicted molar refractivity (Wildman–Crippen MR) is 54.6 cm³/mol. The minimum Gasteiger partial charge on any atom is -0.395 e. The summed E-state index contributed by atoms with van der Waals surface area (Å²) < 4.78 is 0. The molecule has 0 spiro atoms. The number of hydrogen-bond acceptors (Lipinski definition) is 2. The fraction of sp³-hybridized carbons (Fsp3) is 0.455. The van der Waals surface area contributed by atoms with Crippen molar-refractivity contribution in [1.82, 2.24) is 0 Å². The van der Waals surface area contributed by atoms with Gasteiger partial charge in [-0.3, -0.25) is 0 Å². The summed E-state index contributed by atoms with van der Waals surface area (Å²) in [4.78, 5) is 0. The molecule has 0 saturated heterocycles. The summed E-state index contributed by atoms with van der Waals surface area (Å²) in [7, 11) is 0. The fourth-order valence-electron chi connectivity index (χ4n) is 1.28. The Morgan fingerprint density at radius 2 is 1.77 bits per heavy atom. The first-order valence-corrected chi connectivity index (χ1v) is 4.70. The molecule has 1 rings (SSSR count). The third kappa shape index (κ3) is 3.17. The van der Waals surface area contributed by atoms with E-state index in [4.69, 9.17) is 10.8 Å². The summed E-state index contributed by atoms with van der Waals surface area (Å²) in [5.41, 5.74) is 8.15. The normalized spacial score (nSPS) is 12.8. The molecule has 2 heteroatoms. The summed E-state index contributed by atoms with van der Waals surface area (Å²) in [6, 6.07) is 8.24. The molecule has 0 bridgehead atoms. The summed E-state index contributed by atoms with van der Waals surface area (Å²) >= 11 is 0. The van der Waals surface area contributed by atoms with Crippen LogP contribution in [0.25, 0.3) is 0 Å². The molecule has 0 aliphatic rings. The molecule has 1 aromatic carbocycles. The van der Waals surface area contributed by atoms with E-state index in [1.54, 1.807) is 0 Å². The lowest BCUT2D eigenvalue weighted by Gasteiger charge is -2.07. The van der Waals surface area contributed by atoms with Crippen molar-refractivity contribution in [3.8, 4) is 0 Å². The van der Waals surface area contributed by atoms with Crippen molar-refractivity contribution in [2.45, 2.75) is 25.8 Å². The zero-order valence-corrected chi connectivity index (χ0v) is 8.03. The predicted octanol–water partition coefficient (Wildman–Crippen LogP) is 1.11. The Kier molecular flexibility index (Phi) is 3.93. The second kappa shape index (κ2) is 5.00. The van der Waals surface area contributed by atoms with Crippen molar-refractivity contribution in [3.63, 3.8) is 0 Å².